The van der Waals surface area contributed by atoms with Crippen molar-refractivity contribution in [2.75, 3.05) is 0 Å². The van der Waals surface area contributed by atoms with Gasteiger partial charge in [0.05, 0.1) is 22.5 Å². The van der Waals surface area contributed by atoms with Gasteiger partial charge < -0.3 is 24.4 Å². The molecule has 22 heavy (non-hydrogen) atoms. The first-order chi connectivity index (χ1) is 10.1. The van der Waals surface area contributed by atoms with E-state index in [4.69, 9.17) is 14.2 Å². The first-order valence-electron chi connectivity index (χ1n) is 7.63. The number of ether oxygens (including phenoxy) is 3. The van der Waals surface area contributed by atoms with Crippen molar-refractivity contribution < 1.29 is 34.0 Å². The van der Waals surface area contributed by atoms with Gasteiger partial charge in [0.25, 0.3) is 0 Å². The maximum Gasteiger partial charge on any atom is 0.342 e. The first-order valence-corrected chi connectivity index (χ1v) is 7.63. The molecule has 3 aliphatic heterocycles. The lowest BCUT2D eigenvalue weighted by Gasteiger charge is -2.53. The predicted molar refractivity (Wildman–Crippen MR) is 68.3 cm³/mol. The van der Waals surface area contributed by atoms with E-state index in [1.807, 2.05) is 0 Å². The van der Waals surface area contributed by atoms with Crippen LogP contribution in [-0.4, -0.2) is 57.3 Å². The standard InChI is InChI=1S/C15H18O7/c1-12(2,18)6-7-10(16)20-8(6)9-13(3)14(7,19)4-5-15(13,22-5)11(17)21-9/h5-9,18-19H,4H2,1-3H3/t5-,6-,7-,8+,9+,13+,14+,15-/m0/s1. The van der Waals surface area contributed by atoms with E-state index in [9.17, 15) is 19.8 Å². The molecule has 2 bridgehead atoms. The number of esters is 2. The van der Waals surface area contributed by atoms with E-state index in [1.165, 1.54) is 0 Å². The van der Waals surface area contributed by atoms with Crippen LogP contribution in [0.1, 0.15) is 27.2 Å². The van der Waals surface area contributed by atoms with E-state index >= 15 is 0 Å². The average Bonchev–Trinajstić information content (AvgIpc) is 2.85. The molecular formula is C15H18O7. The van der Waals surface area contributed by atoms with Gasteiger partial charge in [-0.05, 0) is 20.8 Å². The Balaban J connectivity index is 1.76. The van der Waals surface area contributed by atoms with E-state index in [2.05, 4.69) is 0 Å². The zero-order valence-corrected chi connectivity index (χ0v) is 12.5. The van der Waals surface area contributed by atoms with Crippen molar-refractivity contribution in [1.82, 2.24) is 0 Å². The van der Waals surface area contributed by atoms with Gasteiger partial charge in [-0.1, -0.05) is 0 Å². The summed E-state index contributed by atoms with van der Waals surface area (Å²) in [5, 5.41) is 21.9. The number of hydrogen-bond donors (Lipinski definition) is 2. The molecule has 0 aromatic rings. The summed E-state index contributed by atoms with van der Waals surface area (Å²) in [5.41, 5.74) is -4.89. The van der Waals surface area contributed by atoms with Crippen LogP contribution in [0.15, 0.2) is 0 Å². The maximum absolute atomic E-state index is 12.4. The van der Waals surface area contributed by atoms with E-state index in [1.54, 1.807) is 20.8 Å². The largest absolute Gasteiger partial charge is 0.458 e. The monoisotopic (exact) mass is 310 g/mol. The molecule has 120 valence electrons. The van der Waals surface area contributed by atoms with Gasteiger partial charge in [0, 0.05) is 12.3 Å². The Labute approximate surface area is 126 Å². The molecule has 2 saturated carbocycles. The molecule has 5 fully saturated rings. The first kappa shape index (κ1) is 13.3. The van der Waals surface area contributed by atoms with E-state index < -0.39 is 64.3 Å². The fraction of sp³-hybridized carbons (Fsp3) is 0.867. The topological polar surface area (TPSA) is 106 Å². The lowest BCUT2D eigenvalue weighted by Crippen LogP contribution is -2.68. The molecule has 0 unspecified atom stereocenters. The Hall–Kier alpha value is -1.18. The highest BCUT2D eigenvalue weighted by Crippen LogP contribution is 2.77. The zero-order valence-electron chi connectivity index (χ0n) is 12.5. The fourth-order valence-corrected chi connectivity index (χ4v) is 5.83. The number of rotatable bonds is 1. The number of carbonyl (C=O) groups excluding carboxylic acids is 2. The van der Waals surface area contributed by atoms with Gasteiger partial charge in [-0.15, -0.1) is 0 Å². The Morgan fingerprint density at radius 3 is 2.59 bits per heavy atom. The highest BCUT2D eigenvalue weighted by molar-refractivity contribution is 5.91. The van der Waals surface area contributed by atoms with Crippen molar-refractivity contribution in [1.29, 1.82) is 0 Å². The van der Waals surface area contributed by atoms with E-state index in [0.717, 1.165) is 0 Å². The number of epoxide rings is 1. The van der Waals surface area contributed by atoms with Crippen LogP contribution < -0.4 is 0 Å². The van der Waals surface area contributed by atoms with Gasteiger partial charge in [-0.3, -0.25) is 4.79 Å². The van der Waals surface area contributed by atoms with Gasteiger partial charge in [-0.2, -0.15) is 0 Å². The SMILES string of the molecule is CC(C)(O)[C@@H]1[C@H]2OC(=O)[C@H]1[C@]1(O)C[C@@H]3O[C@]34C(=O)O[C@H]2[C@]14C. The summed E-state index contributed by atoms with van der Waals surface area (Å²) in [7, 11) is 0. The molecular weight excluding hydrogens is 292 g/mol. The quantitative estimate of drug-likeness (QED) is 0.479. The summed E-state index contributed by atoms with van der Waals surface area (Å²) < 4.78 is 16.5. The van der Waals surface area contributed by atoms with Crippen LogP contribution in [0.4, 0.5) is 0 Å². The third-order valence-electron chi connectivity index (χ3n) is 6.85. The predicted octanol–water partition coefficient (Wildman–Crippen LogP) is -0.867. The van der Waals surface area contributed by atoms with Crippen LogP contribution >= 0.6 is 0 Å². The van der Waals surface area contributed by atoms with Gasteiger partial charge in [0.2, 0.25) is 5.60 Å². The van der Waals surface area contributed by atoms with Crippen molar-refractivity contribution in [3.8, 4) is 0 Å². The van der Waals surface area contributed by atoms with Crippen LogP contribution in [0.25, 0.3) is 0 Å². The van der Waals surface area contributed by atoms with Gasteiger partial charge in [-0.25, -0.2) is 4.79 Å². The minimum Gasteiger partial charge on any atom is -0.458 e. The van der Waals surface area contributed by atoms with Crippen LogP contribution in [0.5, 0.6) is 0 Å². The second-order valence-electron chi connectivity index (χ2n) is 8.06. The second-order valence-corrected chi connectivity index (χ2v) is 8.06. The highest BCUT2D eigenvalue weighted by Gasteiger charge is 2.95. The molecule has 0 amide bonds. The minimum absolute atomic E-state index is 0.189. The Morgan fingerprint density at radius 1 is 1.27 bits per heavy atom. The molecule has 2 aliphatic carbocycles. The average molecular weight is 310 g/mol. The minimum atomic E-state index is -1.47. The zero-order chi connectivity index (χ0) is 15.9. The molecule has 5 aliphatic rings. The number of fused-ring (bicyclic) bond motifs is 4. The molecule has 3 heterocycles. The van der Waals surface area contributed by atoms with Gasteiger partial charge >= 0.3 is 11.9 Å². The van der Waals surface area contributed by atoms with Crippen LogP contribution in [0, 0.1) is 17.3 Å². The van der Waals surface area contributed by atoms with E-state index in [-0.39, 0.29) is 6.42 Å². The maximum atomic E-state index is 12.4. The van der Waals surface area contributed by atoms with Crippen molar-refractivity contribution in [3.63, 3.8) is 0 Å². The fourth-order valence-electron chi connectivity index (χ4n) is 5.83. The summed E-state index contributed by atoms with van der Waals surface area (Å²) >= 11 is 0. The lowest BCUT2D eigenvalue weighted by atomic mass is 9.52. The van der Waals surface area contributed by atoms with Crippen molar-refractivity contribution in [3.05, 3.63) is 0 Å². The summed E-state index contributed by atoms with van der Waals surface area (Å²) in [4.78, 5) is 24.8. The molecule has 2 N–H and O–H groups in total. The van der Waals surface area contributed by atoms with Crippen molar-refractivity contribution in [2.24, 2.45) is 17.3 Å². The number of carbonyl (C=O) groups is 2. The molecule has 0 radical (unpaired) electrons. The smallest absolute Gasteiger partial charge is 0.342 e. The summed E-state index contributed by atoms with van der Waals surface area (Å²) in [5.74, 6) is -2.51. The second kappa shape index (κ2) is 3.07. The normalized spacial score (nSPS) is 60.7. The lowest BCUT2D eigenvalue weighted by molar-refractivity contribution is -0.223. The van der Waals surface area contributed by atoms with E-state index in [0.29, 0.717) is 0 Å². The summed E-state index contributed by atoms with van der Waals surface area (Å²) in [6.07, 6.45) is -1.78. The van der Waals surface area contributed by atoms with Crippen molar-refractivity contribution >= 4 is 11.9 Å². The van der Waals surface area contributed by atoms with Crippen molar-refractivity contribution in [2.45, 2.75) is 62.3 Å². The third kappa shape index (κ3) is 0.962. The molecule has 0 aromatic heterocycles. The number of aliphatic hydroxyl groups is 2. The Kier molecular flexibility index (Phi) is 1.85. The third-order valence-corrected chi connectivity index (χ3v) is 6.85. The molecule has 3 saturated heterocycles. The molecule has 7 nitrogen and oxygen atoms in total. The Morgan fingerprint density at radius 2 is 1.95 bits per heavy atom. The van der Waals surface area contributed by atoms with Crippen LogP contribution in [0.2, 0.25) is 0 Å². The molecule has 0 aromatic carbocycles. The molecule has 5 rings (SSSR count). The molecule has 8 atom stereocenters. The van der Waals surface area contributed by atoms with Crippen LogP contribution in [0.3, 0.4) is 0 Å². The molecule has 7 heteroatoms. The Bertz CT molecular complexity index is 638. The van der Waals surface area contributed by atoms with Gasteiger partial charge in [0.15, 0.2) is 6.10 Å². The summed E-state index contributed by atoms with van der Waals surface area (Å²) in [6, 6.07) is 0. The molecule has 1 spiro atoms. The highest BCUT2D eigenvalue weighted by atomic mass is 16.7. The van der Waals surface area contributed by atoms with Crippen LogP contribution in [-0.2, 0) is 23.8 Å². The number of hydrogen-bond acceptors (Lipinski definition) is 7. The summed E-state index contributed by atoms with van der Waals surface area (Å²) in [6.45, 7) is 4.92. The van der Waals surface area contributed by atoms with Gasteiger partial charge in [0.1, 0.15) is 12.2 Å².